The van der Waals surface area contributed by atoms with E-state index in [1.165, 1.54) is 12.1 Å². The predicted molar refractivity (Wildman–Crippen MR) is 117 cm³/mol. The molecule has 2 aliphatic rings. The highest BCUT2D eigenvalue weighted by Crippen LogP contribution is 2.49. The zero-order valence-corrected chi connectivity index (χ0v) is 18.2. The van der Waals surface area contributed by atoms with E-state index in [2.05, 4.69) is 32.7 Å². The van der Waals surface area contributed by atoms with Crippen molar-refractivity contribution in [3.05, 3.63) is 76.5 Å². The van der Waals surface area contributed by atoms with Crippen LogP contribution in [0.2, 0.25) is 0 Å². The van der Waals surface area contributed by atoms with E-state index in [9.17, 15) is 4.39 Å². The zero-order chi connectivity index (χ0) is 20.0. The summed E-state index contributed by atoms with van der Waals surface area (Å²) in [5.41, 5.74) is 1.77. The molecule has 0 amide bonds. The van der Waals surface area contributed by atoms with Crippen LogP contribution in [0, 0.1) is 5.82 Å². The Labute approximate surface area is 181 Å². The molecule has 0 N–H and O–H groups in total. The van der Waals surface area contributed by atoms with Gasteiger partial charge in [0, 0.05) is 28.0 Å². The summed E-state index contributed by atoms with van der Waals surface area (Å²) in [6, 6.07) is 14.8. The molecule has 5 rings (SSSR count). The minimum absolute atomic E-state index is 0.0344. The van der Waals surface area contributed by atoms with Crippen molar-refractivity contribution in [2.24, 2.45) is 4.99 Å². The third-order valence-corrected chi connectivity index (χ3v) is 7.23. The van der Waals surface area contributed by atoms with Gasteiger partial charge < -0.3 is 9.32 Å². The Kier molecular flexibility index (Phi) is 4.95. The zero-order valence-electron chi connectivity index (χ0n) is 15.8. The van der Waals surface area contributed by atoms with Crippen LogP contribution in [0.15, 0.2) is 68.6 Å². The first-order valence-corrected chi connectivity index (χ1v) is 11.4. The summed E-state index contributed by atoms with van der Waals surface area (Å²) in [5.74, 6) is 2.32. The second-order valence-corrected chi connectivity index (χ2v) is 9.00. The van der Waals surface area contributed by atoms with Crippen molar-refractivity contribution in [1.29, 1.82) is 0 Å². The van der Waals surface area contributed by atoms with E-state index in [4.69, 9.17) is 9.41 Å². The third kappa shape index (κ3) is 3.30. The van der Waals surface area contributed by atoms with Gasteiger partial charge in [0.1, 0.15) is 29.4 Å². The molecule has 1 saturated heterocycles. The number of rotatable bonds is 4. The molecule has 0 saturated carbocycles. The number of benzene rings is 1. The first-order chi connectivity index (χ1) is 14.2. The molecule has 0 bridgehead atoms. The van der Waals surface area contributed by atoms with Crippen LogP contribution in [0.4, 0.5) is 4.39 Å². The second-order valence-electron chi connectivity index (χ2n) is 7.16. The van der Waals surface area contributed by atoms with Crippen molar-refractivity contribution in [3.63, 3.8) is 0 Å². The third-order valence-electron chi connectivity index (χ3n) is 5.44. The summed E-state index contributed by atoms with van der Waals surface area (Å²) in [5, 5.41) is 1.07. The van der Waals surface area contributed by atoms with Gasteiger partial charge in [0.25, 0.3) is 0 Å². The highest BCUT2D eigenvalue weighted by atomic mass is 79.9. The first-order valence-electron chi connectivity index (χ1n) is 9.60. The molecule has 7 heteroatoms. The molecule has 29 heavy (non-hydrogen) atoms. The Morgan fingerprint density at radius 2 is 2.14 bits per heavy atom. The van der Waals surface area contributed by atoms with Crippen LogP contribution in [-0.2, 0) is 0 Å². The Morgan fingerprint density at radius 3 is 2.90 bits per heavy atom. The average Bonchev–Trinajstić information content (AvgIpc) is 3.43. The van der Waals surface area contributed by atoms with Crippen LogP contribution in [0.3, 0.4) is 0 Å². The number of hydrogen-bond acceptors (Lipinski definition) is 5. The summed E-state index contributed by atoms with van der Waals surface area (Å²) in [6.45, 7) is 2.21. The molecule has 3 atom stereocenters. The molecule has 4 heterocycles. The van der Waals surface area contributed by atoms with Gasteiger partial charge in [0.05, 0.1) is 5.69 Å². The van der Waals surface area contributed by atoms with Crippen LogP contribution in [0.25, 0.3) is 11.3 Å². The van der Waals surface area contributed by atoms with Crippen molar-refractivity contribution in [3.8, 4) is 11.3 Å². The van der Waals surface area contributed by atoms with Crippen LogP contribution >= 0.6 is 27.7 Å². The lowest BCUT2D eigenvalue weighted by Gasteiger charge is -2.30. The van der Waals surface area contributed by atoms with Crippen LogP contribution < -0.4 is 0 Å². The molecular weight excluding hydrogens is 453 g/mol. The Morgan fingerprint density at radius 1 is 1.24 bits per heavy atom. The molecule has 2 aromatic heterocycles. The summed E-state index contributed by atoms with van der Waals surface area (Å²) in [7, 11) is 0. The number of thioether (sulfide) groups is 1. The van der Waals surface area contributed by atoms with Crippen molar-refractivity contribution >= 4 is 32.9 Å². The lowest BCUT2D eigenvalue weighted by Crippen LogP contribution is -2.35. The standard InChI is InChI=1S/C22H19BrFN3OS/c1-2-14-12-29-22-26-20(17-5-3-4-10-25-17)21(27(14)22)19-9-8-18(28-19)15-7-6-13(24)11-16(15)23/h3-11,14,20-21H,2,12H2,1H3/t14-,20+,21-/m1/s1. The second kappa shape index (κ2) is 7.61. The number of fused-ring (bicyclic) bond motifs is 1. The highest BCUT2D eigenvalue weighted by Gasteiger charge is 2.46. The van der Waals surface area contributed by atoms with Crippen molar-refractivity contribution in [2.75, 3.05) is 5.75 Å². The van der Waals surface area contributed by atoms with E-state index in [-0.39, 0.29) is 17.9 Å². The number of nitrogens with zero attached hydrogens (tertiary/aromatic N) is 3. The predicted octanol–water partition coefficient (Wildman–Crippen LogP) is 6.22. The van der Waals surface area contributed by atoms with E-state index >= 15 is 0 Å². The van der Waals surface area contributed by atoms with Gasteiger partial charge in [-0.15, -0.1) is 0 Å². The topological polar surface area (TPSA) is 41.6 Å². The number of amidine groups is 1. The number of aliphatic imine (C=N–C) groups is 1. The maximum atomic E-state index is 13.5. The van der Waals surface area contributed by atoms with E-state index in [1.54, 1.807) is 6.07 Å². The van der Waals surface area contributed by atoms with E-state index in [0.717, 1.165) is 34.4 Å². The van der Waals surface area contributed by atoms with Crippen molar-refractivity contribution < 1.29 is 8.81 Å². The number of furan rings is 1. The fraction of sp³-hybridized carbons (Fsp3) is 0.273. The number of halogens is 2. The van der Waals surface area contributed by atoms with Gasteiger partial charge in [0.15, 0.2) is 5.17 Å². The van der Waals surface area contributed by atoms with Gasteiger partial charge in [0.2, 0.25) is 0 Å². The lowest BCUT2D eigenvalue weighted by molar-refractivity contribution is 0.226. The molecule has 0 radical (unpaired) electrons. The van der Waals surface area contributed by atoms with Gasteiger partial charge in [-0.2, -0.15) is 0 Å². The van der Waals surface area contributed by atoms with E-state index in [0.29, 0.717) is 16.3 Å². The monoisotopic (exact) mass is 471 g/mol. The van der Waals surface area contributed by atoms with Crippen LogP contribution in [0.5, 0.6) is 0 Å². The molecule has 3 aromatic rings. The van der Waals surface area contributed by atoms with E-state index < -0.39 is 0 Å². The number of hydrogen-bond donors (Lipinski definition) is 0. The van der Waals surface area contributed by atoms with Crippen molar-refractivity contribution in [1.82, 2.24) is 9.88 Å². The maximum Gasteiger partial charge on any atom is 0.161 e. The van der Waals surface area contributed by atoms with Gasteiger partial charge >= 0.3 is 0 Å². The van der Waals surface area contributed by atoms with Crippen LogP contribution in [0.1, 0.15) is 36.9 Å². The number of pyridine rings is 1. The molecule has 2 aliphatic heterocycles. The van der Waals surface area contributed by atoms with Crippen molar-refractivity contribution in [2.45, 2.75) is 31.5 Å². The van der Waals surface area contributed by atoms with Gasteiger partial charge in [-0.1, -0.05) is 24.8 Å². The minimum atomic E-state index is -0.281. The normalized spacial score (nSPS) is 23.3. The summed E-state index contributed by atoms with van der Waals surface area (Å²) >= 11 is 5.25. The maximum absolute atomic E-state index is 13.5. The van der Waals surface area contributed by atoms with Crippen LogP contribution in [-0.4, -0.2) is 26.8 Å². The Balaban J connectivity index is 1.56. The van der Waals surface area contributed by atoms with Gasteiger partial charge in [-0.05, 0) is 64.8 Å². The molecule has 0 unspecified atom stereocenters. The summed E-state index contributed by atoms with van der Waals surface area (Å²) in [6.07, 6.45) is 2.86. The molecule has 148 valence electrons. The minimum Gasteiger partial charge on any atom is -0.459 e. The fourth-order valence-corrected chi connectivity index (χ4v) is 5.89. The SMILES string of the molecule is CC[C@@H]1CSC2=N[C@@H](c3ccccn3)[C@@H](c3ccc(-c4ccc(F)cc4Br)o3)N21. The quantitative estimate of drug-likeness (QED) is 0.452. The molecule has 1 fully saturated rings. The molecule has 0 aliphatic carbocycles. The molecule has 4 nitrogen and oxygen atoms in total. The first kappa shape index (κ1) is 18.9. The highest BCUT2D eigenvalue weighted by molar-refractivity contribution is 9.10. The summed E-state index contributed by atoms with van der Waals surface area (Å²) in [4.78, 5) is 12.0. The van der Waals surface area contributed by atoms with Gasteiger partial charge in [-0.3, -0.25) is 4.98 Å². The fourth-order valence-electron chi connectivity index (χ4n) is 4.01. The molecule has 0 spiro atoms. The number of aromatic nitrogens is 1. The molecule has 1 aromatic carbocycles. The molecular formula is C22H19BrFN3OS. The summed E-state index contributed by atoms with van der Waals surface area (Å²) < 4.78 is 20.5. The van der Waals surface area contributed by atoms with E-state index in [1.807, 2.05) is 48.3 Å². The Hall–Kier alpha value is -2.12. The largest absolute Gasteiger partial charge is 0.459 e. The Bertz CT molecular complexity index is 1070. The average molecular weight is 472 g/mol. The van der Waals surface area contributed by atoms with Gasteiger partial charge in [-0.25, -0.2) is 9.38 Å². The smallest absolute Gasteiger partial charge is 0.161 e. The lowest BCUT2D eigenvalue weighted by atomic mass is 10.0.